The van der Waals surface area contributed by atoms with Crippen LogP contribution in [-0.4, -0.2) is 37.9 Å². The number of hydrogen-bond acceptors (Lipinski definition) is 5. The minimum absolute atomic E-state index is 0.0743. The van der Waals surface area contributed by atoms with Crippen LogP contribution in [0, 0.1) is 0 Å². The molecule has 336 valence electrons. The zero-order valence-electron chi connectivity index (χ0n) is 38.6. The van der Waals surface area contributed by atoms with Crippen molar-refractivity contribution in [3.05, 3.63) is 60.8 Å². The van der Waals surface area contributed by atoms with Gasteiger partial charge < -0.3 is 14.2 Å². The van der Waals surface area contributed by atoms with Crippen molar-refractivity contribution in [1.82, 2.24) is 0 Å². The van der Waals surface area contributed by atoms with Crippen LogP contribution in [0.3, 0.4) is 0 Å². The molecule has 0 aromatic heterocycles. The van der Waals surface area contributed by atoms with Crippen molar-refractivity contribution < 1.29 is 23.8 Å². The van der Waals surface area contributed by atoms with Gasteiger partial charge >= 0.3 is 11.9 Å². The molecule has 0 N–H and O–H groups in total. The number of rotatable bonds is 45. The van der Waals surface area contributed by atoms with E-state index < -0.39 is 6.10 Å². The summed E-state index contributed by atoms with van der Waals surface area (Å²) in [6, 6.07) is 0. The van der Waals surface area contributed by atoms with Crippen LogP contribution in [0.2, 0.25) is 0 Å². The lowest BCUT2D eigenvalue weighted by Gasteiger charge is -2.18. The summed E-state index contributed by atoms with van der Waals surface area (Å²) < 4.78 is 17.2. The zero-order chi connectivity index (χ0) is 42.1. The molecule has 0 saturated heterocycles. The first-order chi connectivity index (χ1) is 28.6. The molecule has 5 heteroatoms. The predicted molar refractivity (Wildman–Crippen MR) is 251 cm³/mol. The molecule has 0 bridgehead atoms. The third-order valence-corrected chi connectivity index (χ3v) is 10.5. The normalized spacial score (nSPS) is 12.7. The summed E-state index contributed by atoms with van der Waals surface area (Å²) in [7, 11) is 0. The summed E-state index contributed by atoms with van der Waals surface area (Å²) in [5, 5.41) is 0. The highest BCUT2D eigenvalue weighted by Crippen LogP contribution is 2.14. The Balaban J connectivity index is 4.11. The van der Waals surface area contributed by atoms with Crippen molar-refractivity contribution in [2.45, 2.75) is 245 Å². The molecule has 0 saturated carbocycles. The van der Waals surface area contributed by atoms with Crippen molar-refractivity contribution in [1.29, 1.82) is 0 Å². The summed E-state index contributed by atoms with van der Waals surface area (Å²) in [6.45, 7) is 7.66. The quantitative estimate of drug-likeness (QED) is 0.0348. The van der Waals surface area contributed by atoms with E-state index in [0.717, 1.165) is 83.5 Å². The third-order valence-electron chi connectivity index (χ3n) is 10.5. The number of esters is 2. The molecule has 0 aliphatic carbocycles. The first kappa shape index (κ1) is 55.6. The molecule has 0 amide bonds. The molecule has 58 heavy (non-hydrogen) atoms. The standard InChI is InChI=1S/C53H94O5/c1-4-7-10-13-16-18-20-22-24-26-27-29-30-32-34-36-38-40-43-46-52(54)57-50-51(49-56-48-45-42-15-12-9-6-3)58-53(55)47-44-41-39-37-35-33-31-28-25-23-21-19-17-14-11-8-5-2/h8,11,17,19,22-25,31,33,51H,4-7,9-10,12-16,18,20-21,26-30,32,34-50H2,1-3H3/b11-8-,19-17-,24-22-,25-23-,33-31-. The molecule has 0 fully saturated rings. The zero-order valence-corrected chi connectivity index (χ0v) is 38.6. The van der Waals surface area contributed by atoms with Crippen LogP contribution in [0.25, 0.3) is 0 Å². The smallest absolute Gasteiger partial charge is 0.306 e. The van der Waals surface area contributed by atoms with Gasteiger partial charge in [-0.15, -0.1) is 0 Å². The Kier molecular flexibility index (Phi) is 46.9. The van der Waals surface area contributed by atoms with E-state index in [1.807, 2.05) is 0 Å². The molecule has 0 aromatic rings. The van der Waals surface area contributed by atoms with E-state index in [4.69, 9.17) is 14.2 Å². The second-order valence-electron chi connectivity index (χ2n) is 16.3. The van der Waals surface area contributed by atoms with Crippen LogP contribution >= 0.6 is 0 Å². The van der Waals surface area contributed by atoms with E-state index in [2.05, 4.69) is 81.5 Å². The monoisotopic (exact) mass is 811 g/mol. The minimum Gasteiger partial charge on any atom is -0.462 e. The minimum atomic E-state index is -0.546. The maximum Gasteiger partial charge on any atom is 0.306 e. The van der Waals surface area contributed by atoms with E-state index in [-0.39, 0.29) is 25.2 Å². The van der Waals surface area contributed by atoms with Gasteiger partial charge in [-0.05, 0) is 83.5 Å². The maximum atomic E-state index is 12.7. The highest BCUT2D eigenvalue weighted by molar-refractivity contribution is 5.70. The second-order valence-corrected chi connectivity index (χ2v) is 16.3. The molecule has 0 aliphatic rings. The average molecular weight is 811 g/mol. The van der Waals surface area contributed by atoms with E-state index in [1.54, 1.807) is 0 Å². The van der Waals surface area contributed by atoms with Gasteiger partial charge in [-0.1, -0.05) is 204 Å². The van der Waals surface area contributed by atoms with Crippen molar-refractivity contribution in [2.75, 3.05) is 19.8 Å². The third kappa shape index (κ3) is 46.3. The Bertz CT molecular complexity index is 1010. The molecule has 0 rings (SSSR count). The Hall–Kier alpha value is -2.40. The molecular formula is C53H94O5. The fraction of sp³-hybridized carbons (Fsp3) is 0.774. The lowest BCUT2D eigenvalue weighted by atomic mass is 10.1. The van der Waals surface area contributed by atoms with E-state index in [0.29, 0.717) is 19.4 Å². The Morgan fingerprint density at radius 2 is 0.776 bits per heavy atom. The summed E-state index contributed by atoms with van der Waals surface area (Å²) in [6.07, 6.45) is 60.9. The van der Waals surface area contributed by atoms with Gasteiger partial charge in [0.25, 0.3) is 0 Å². The number of ether oxygens (including phenoxy) is 3. The fourth-order valence-electron chi connectivity index (χ4n) is 6.85. The van der Waals surface area contributed by atoms with Crippen LogP contribution in [0.4, 0.5) is 0 Å². The van der Waals surface area contributed by atoms with E-state index in [1.165, 1.54) is 122 Å². The topological polar surface area (TPSA) is 61.8 Å². The van der Waals surface area contributed by atoms with Crippen molar-refractivity contribution in [2.24, 2.45) is 0 Å². The van der Waals surface area contributed by atoms with Gasteiger partial charge in [-0.2, -0.15) is 0 Å². The highest BCUT2D eigenvalue weighted by Gasteiger charge is 2.17. The van der Waals surface area contributed by atoms with Crippen molar-refractivity contribution in [3.8, 4) is 0 Å². The van der Waals surface area contributed by atoms with E-state index >= 15 is 0 Å². The summed E-state index contributed by atoms with van der Waals surface area (Å²) in [5.74, 6) is -0.426. The Morgan fingerprint density at radius 1 is 0.397 bits per heavy atom. The molecule has 1 atom stereocenters. The van der Waals surface area contributed by atoms with Crippen LogP contribution in [0.1, 0.15) is 239 Å². The molecular weight excluding hydrogens is 717 g/mol. The van der Waals surface area contributed by atoms with Crippen LogP contribution < -0.4 is 0 Å². The number of carbonyl (C=O) groups excluding carboxylic acids is 2. The maximum absolute atomic E-state index is 12.7. The van der Waals surface area contributed by atoms with Gasteiger partial charge in [-0.25, -0.2) is 0 Å². The van der Waals surface area contributed by atoms with Crippen molar-refractivity contribution >= 4 is 11.9 Å². The Morgan fingerprint density at radius 3 is 1.26 bits per heavy atom. The lowest BCUT2D eigenvalue weighted by Crippen LogP contribution is -2.30. The lowest BCUT2D eigenvalue weighted by molar-refractivity contribution is -0.163. The largest absolute Gasteiger partial charge is 0.462 e. The van der Waals surface area contributed by atoms with Crippen LogP contribution in [0.5, 0.6) is 0 Å². The van der Waals surface area contributed by atoms with E-state index in [9.17, 15) is 9.59 Å². The SMILES string of the molecule is CC/C=C\C/C=C\C/C=C\C/C=C\CCCCCCC(=O)OC(COCCCCCCCC)COC(=O)CCCCCCCCCCC/C=C\CCCCCCCC. The average Bonchev–Trinajstić information content (AvgIpc) is 3.22. The van der Waals surface area contributed by atoms with Gasteiger partial charge in [0.15, 0.2) is 6.10 Å². The predicted octanol–water partition coefficient (Wildman–Crippen LogP) is 16.6. The number of unbranched alkanes of at least 4 members (excludes halogenated alkanes) is 24. The van der Waals surface area contributed by atoms with Gasteiger partial charge in [-0.3, -0.25) is 9.59 Å². The van der Waals surface area contributed by atoms with Crippen molar-refractivity contribution in [3.63, 3.8) is 0 Å². The van der Waals surface area contributed by atoms with Gasteiger partial charge in [0.2, 0.25) is 0 Å². The number of hydrogen-bond donors (Lipinski definition) is 0. The Labute approximate surface area is 360 Å². The summed E-state index contributed by atoms with van der Waals surface area (Å²) in [5.41, 5.74) is 0. The number of carbonyl (C=O) groups is 2. The van der Waals surface area contributed by atoms with Gasteiger partial charge in [0.1, 0.15) is 6.61 Å². The summed E-state index contributed by atoms with van der Waals surface area (Å²) in [4.78, 5) is 25.3. The molecule has 0 heterocycles. The van der Waals surface area contributed by atoms with Gasteiger partial charge in [0.05, 0.1) is 6.61 Å². The molecule has 1 unspecified atom stereocenters. The summed E-state index contributed by atoms with van der Waals surface area (Å²) >= 11 is 0. The highest BCUT2D eigenvalue weighted by atomic mass is 16.6. The molecule has 0 aromatic carbocycles. The molecule has 0 spiro atoms. The number of allylic oxidation sites excluding steroid dienone is 10. The van der Waals surface area contributed by atoms with Crippen LogP contribution in [-0.2, 0) is 23.8 Å². The molecule has 0 radical (unpaired) electrons. The molecule has 5 nitrogen and oxygen atoms in total. The van der Waals surface area contributed by atoms with Crippen LogP contribution in [0.15, 0.2) is 60.8 Å². The second kappa shape index (κ2) is 49.0. The first-order valence-electron chi connectivity index (χ1n) is 24.8. The van der Waals surface area contributed by atoms with Gasteiger partial charge in [0, 0.05) is 19.4 Å². The first-order valence-corrected chi connectivity index (χ1v) is 24.8. The molecule has 0 aliphatic heterocycles. The fourth-order valence-corrected chi connectivity index (χ4v) is 6.85.